The maximum atomic E-state index is 13.0. The second-order valence-electron chi connectivity index (χ2n) is 8.36. The van der Waals surface area contributed by atoms with Crippen LogP contribution in [0.2, 0.25) is 0 Å². The lowest BCUT2D eigenvalue weighted by atomic mass is 10.2. The molecule has 1 aromatic heterocycles. The third-order valence-corrected chi connectivity index (χ3v) is 6.69. The molecule has 192 valence electrons. The van der Waals surface area contributed by atoms with Crippen LogP contribution in [0, 0.1) is 13.8 Å². The minimum atomic E-state index is -0.484. The molecule has 2 aromatic carbocycles. The molecule has 0 unspecified atom stereocenters. The molecule has 1 fully saturated rings. The lowest BCUT2D eigenvalue weighted by Gasteiger charge is -2.13. The molecule has 3 aromatic rings. The number of aryl methyl sites for hydroxylation is 1. The van der Waals surface area contributed by atoms with Crippen molar-refractivity contribution in [3.05, 3.63) is 76.5 Å². The third-order valence-electron chi connectivity index (χ3n) is 5.79. The number of nitrogens with zero attached hydrogens (tertiary/aromatic N) is 2. The Labute approximate surface area is 220 Å². The Kier molecular flexibility index (Phi) is 8.03. The topological polar surface area (TPSA) is 89.9 Å². The van der Waals surface area contributed by atoms with E-state index in [1.54, 1.807) is 30.3 Å². The van der Waals surface area contributed by atoms with E-state index in [0.29, 0.717) is 24.7 Å². The molecule has 4 rings (SSSR count). The van der Waals surface area contributed by atoms with E-state index in [1.807, 2.05) is 58.0 Å². The van der Waals surface area contributed by atoms with Gasteiger partial charge in [0.1, 0.15) is 18.0 Å². The lowest BCUT2D eigenvalue weighted by Crippen LogP contribution is -2.36. The van der Waals surface area contributed by atoms with E-state index in [0.717, 1.165) is 45.1 Å². The van der Waals surface area contributed by atoms with Crippen molar-refractivity contribution < 1.29 is 23.9 Å². The summed E-state index contributed by atoms with van der Waals surface area (Å²) in [7, 11) is 0. The quantitative estimate of drug-likeness (QED) is 0.372. The molecule has 0 spiro atoms. The van der Waals surface area contributed by atoms with Gasteiger partial charge in [0.2, 0.25) is 5.91 Å². The Balaban J connectivity index is 1.47. The number of anilines is 1. The van der Waals surface area contributed by atoms with E-state index >= 15 is 0 Å². The van der Waals surface area contributed by atoms with E-state index in [9.17, 15) is 14.4 Å². The first kappa shape index (κ1) is 26.1. The van der Waals surface area contributed by atoms with Crippen molar-refractivity contribution in [1.82, 2.24) is 9.47 Å². The summed E-state index contributed by atoms with van der Waals surface area (Å²) >= 11 is 0.836. The summed E-state index contributed by atoms with van der Waals surface area (Å²) in [6.07, 6.45) is 1.71. The summed E-state index contributed by atoms with van der Waals surface area (Å²) in [5.41, 5.74) is 4.27. The van der Waals surface area contributed by atoms with Gasteiger partial charge in [-0.25, -0.2) is 0 Å². The Morgan fingerprint density at radius 2 is 1.54 bits per heavy atom. The van der Waals surface area contributed by atoms with Crippen LogP contribution in [-0.2, 0) is 9.59 Å². The number of hydrogen-bond donors (Lipinski definition) is 1. The van der Waals surface area contributed by atoms with Crippen LogP contribution >= 0.6 is 11.8 Å². The van der Waals surface area contributed by atoms with E-state index < -0.39 is 17.1 Å². The fourth-order valence-electron chi connectivity index (χ4n) is 4.11. The molecule has 8 nitrogen and oxygen atoms in total. The zero-order valence-electron chi connectivity index (χ0n) is 21.2. The summed E-state index contributed by atoms with van der Waals surface area (Å²) < 4.78 is 13.0. The highest BCUT2D eigenvalue weighted by Crippen LogP contribution is 2.34. The van der Waals surface area contributed by atoms with E-state index in [2.05, 4.69) is 9.88 Å². The van der Waals surface area contributed by atoms with Crippen LogP contribution in [0.25, 0.3) is 11.8 Å². The fourth-order valence-corrected chi connectivity index (χ4v) is 4.94. The molecule has 1 aliphatic heterocycles. The normalized spacial score (nSPS) is 14.4. The molecule has 1 aliphatic rings. The van der Waals surface area contributed by atoms with Crippen LogP contribution in [0.5, 0.6) is 11.5 Å². The monoisotopic (exact) mass is 519 g/mol. The van der Waals surface area contributed by atoms with Gasteiger partial charge in [-0.3, -0.25) is 19.3 Å². The molecular weight excluding hydrogens is 490 g/mol. The molecular formula is C28H29N3O5S. The molecule has 9 heteroatoms. The van der Waals surface area contributed by atoms with Crippen LogP contribution in [0.1, 0.15) is 30.8 Å². The summed E-state index contributed by atoms with van der Waals surface area (Å²) in [5, 5.41) is 2.24. The van der Waals surface area contributed by atoms with E-state index in [1.165, 1.54) is 0 Å². The van der Waals surface area contributed by atoms with Gasteiger partial charge in [0, 0.05) is 22.8 Å². The third kappa shape index (κ3) is 5.89. The number of rotatable bonds is 9. The van der Waals surface area contributed by atoms with Gasteiger partial charge in [-0.05, 0) is 106 Å². The number of nitrogens with one attached hydrogen (secondary N) is 1. The zero-order valence-corrected chi connectivity index (χ0v) is 22.1. The van der Waals surface area contributed by atoms with E-state index in [4.69, 9.17) is 9.47 Å². The zero-order chi connectivity index (χ0) is 26.5. The van der Waals surface area contributed by atoms with Crippen molar-refractivity contribution in [3.63, 3.8) is 0 Å². The number of amides is 3. The van der Waals surface area contributed by atoms with Gasteiger partial charge in [0.15, 0.2) is 0 Å². The van der Waals surface area contributed by atoms with Crippen LogP contribution < -0.4 is 14.8 Å². The second-order valence-corrected chi connectivity index (χ2v) is 9.36. The molecule has 0 aliphatic carbocycles. The van der Waals surface area contributed by atoms with Crippen LogP contribution in [-0.4, -0.2) is 46.3 Å². The molecule has 0 bridgehead atoms. The summed E-state index contributed by atoms with van der Waals surface area (Å²) in [5.74, 6) is 0.553. The highest BCUT2D eigenvalue weighted by Gasteiger charge is 2.36. The average Bonchev–Trinajstić information content (AvgIpc) is 3.30. The predicted octanol–water partition coefficient (Wildman–Crippen LogP) is 5.57. The molecule has 1 N–H and O–H groups in total. The standard InChI is InChI=1S/C28H29N3O5S/c1-5-35-23-11-7-21(8-12-23)29-26(32)17-30-27(33)25(37-28(30)34)16-20-15-18(3)31(19(20)4)22-9-13-24(14-10-22)36-6-2/h7-16H,5-6,17H2,1-4H3,(H,29,32)/b25-16+. The minimum absolute atomic E-state index is 0.283. The Morgan fingerprint density at radius 1 is 0.946 bits per heavy atom. The SMILES string of the molecule is CCOc1ccc(NC(=O)CN2C(=O)S/C(=C/c3cc(C)n(-c4ccc(OCC)cc4)c3C)C2=O)cc1. The molecule has 37 heavy (non-hydrogen) atoms. The maximum Gasteiger partial charge on any atom is 0.294 e. The predicted molar refractivity (Wildman–Crippen MR) is 145 cm³/mol. The van der Waals surface area contributed by atoms with Crippen molar-refractivity contribution in [2.75, 3.05) is 25.1 Å². The molecule has 3 amide bonds. The first-order valence-electron chi connectivity index (χ1n) is 12.0. The Bertz CT molecular complexity index is 1340. The first-order chi connectivity index (χ1) is 17.8. The Morgan fingerprint density at radius 3 is 2.14 bits per heavy atom. The maximum absolute atomic E-state index is 13.0. The van der Waals surface area contributed by atoms with Crippen molar-refractivity contribution in [1.29, 1.82) is 0 Å². The Hall–Kier alpha value is -3.98. The van der Waals surface area contributed by atoms with Gasteiger partial charge in [0.05, 0.1) is 18.1 Å². The van der Waals surface area contributed by atoms with Crippen molar-refractivity contribution in [2.45, 2.75) is 27.7 Å². The summed E-state index contributed by atoms with van der Waals surface area (Å²) in [4.78, 5) is 39.3. The number of hydrogen-bond acceptors (Lipinski definition) is 6. The first-order valence-corrected chi connectivity index (χ1v) is 12.8. The largest absolute Gasteiger partial charge is 0.494 e. The number of benzene rings is 2. The number of ether oxygens (including phenoxy) is 2. The van der Waals surface area contributed by atoms with Gasteiger partial charge in [0.25, 0.3) is 11.1 Å². The van der Waals surface area contributed by atoms with Crippen LogP contribution in [0.4, 0.5) is 10.5 Å². The summed E-state index contributed by atoms with van der Waals surface area (Å²) in [6.45, 7) is 8.56. The number of aromatic nitrogens is 1. The summed E-state index contributed by atoms with van der Waals surface area (Å²) in [6, 6.07) is 16.7. The molecule has 0 radical (unpaired) electrons. The van der Waals surface area contributed by atoms with Gasteiger partial charge < -0.3 is 19.4 Å². The molecule has 0 saturated carbocycles. The van der Waals surface area contributed by atoms with Gasteiger partial charge in [-0.2, -0.15) is 0 Å². The smallest absolute Gasteiger partial charge is 0.294 e. The van der Waals surface area contributed by atoms with Crippen molar-refractivity contribution in [3.8, 4) is 17.2 Å². The molecule has 1 saturated heterocycles. The van der Waals surface area contributed by atoms with Gasteiger partial charge >= 0.3 is 0 Å². The number of imide groups is 1. The number of thioether (sulfide) groups is 1. The number of carbonyl (C=O) groups excluding carboxylic acids is 3. The second kappa shape index (κ2) is 11.4. The highest BCUT2D eigenvalue weighted by molar-refractivity contribution is 8.18. The van der Waals surface area contributed by atoms with Crippen LogP contribution in [0.3, 0.4) is 0 Å². The highest BCUT2D eigenvalue weighted by atomic mass is 32.2. The van der Waals surface area contributed by atoms with Gasteiger partial charge in [-0.1, -0.05) is 0 Å². The van der Waals surface area contributed by atoms with Crippen LogP contribution in [0.15, 0.2) is 59.5 Å². The molecule has 0 atom stereocenters. The molecule has 2 heterocycles. The number of carbonyl (C=O) groups is 3. The van der Waals surface area contributed by atoms with Crippen molar-refractivity contribution in [2.24, 2.45) is 0 Å². The van der Waals surface area contributed by atoms with E-state index in [-0.39, 0.29) is 11.4 Å². The lowest BCUT2D eigenvalue weighted by molar-refractivity contribution is -0.127. The fraction of sp³-hybridized carbons (Fsp3) is 0.250. The average molecular weight is 520 g/mol. The van der Waals surface area contributed by atoms with Gasteiger partial charge in [-0.15, -0.1) is 0 Å². The van der Waals surface area contributed by atoms with Crippen molar-refractivity contribution >= 4 is 40.6 Å². The minimum Gasteiger partial charge on any atom is -0.494 e.